The third kappa shape index (κ3) is 3.00. The maximum absolute atomic E-state index is 12.6. The predicted molar refractivity (Wildman–Crippen MR) is 96.0 cm³/mol. The molecule has 0 heterocycles. The van der Waals surface area contributed by atoms with Gasteiger partial charge in [-0.1, -0.05) is 43.7 Å². The molecule has 0 spiro atoms. The fourth-order valence-electron chi connectivity index (χ4n) is 4.42. The lowest BCUT2D eigenvalue weighted by Gasteiger charge is -2.25. The van der Waals surface area contributed by atoms with Gasteiger partial charge in [0.25, 0.3) is 5.91 Å². The molecule has 0 aromatic heterocycles. The standard InChI is InChI=1S/C21H25NO2/c1-2-20(21(23)22-19-12-14-7-8-17(19)11-14)24-18-10-9-15-5-3-4-6-16(15)13-18/h3-6,9-10,13-14,17,19-20H,2,7-8,11-12H2,1H3,(H,22,23)/t14-,17-,19-,20-/m1/s1. The van der Waals surface area contributed by atoms with Crippen molar-refractivity contribution in [3.05, 3.63) is 42.5 Å². The van der Waals surface area contributed by atoms with Crippen molar-refractivity contribution in [3.8, 4) is 5.75 Å². The highest BCUT2D eigenvalue weighted by Crippen LogP contribution is 2.44. The Morgan fingerprint density at radius 2 is 2.00 bits per heavy atom. The van der Waals surface area contributed by atoms with Gasteiger partial charge in [-0.2, -0.15) is 0 Å². The summed E-state index contributed by atoms with van der Waals surface area (Å²) in [5.74, 6) is 2.34. The van der Waals surface area contributed by atoms with E-state index in [-0.39, 0.29) is 5.91 Å². The van der Waals surface area contributed by atoms with Crippen molar-refractivity contribution >= 4 is 16.7 Å². The topological polar surface area (TPSA) is 38.3 Å². The molecule has 0 unspecified atom stereocenters. The zero-order valence-electron chi connectivity index (χ0n) is 14.2. The Morgan fingerprint density at radius 3 is 2.71 bits per heavy atom. The number of rotatable bonds is 5. The van der Waals surface area contributed by atoms with Gasteiger partial charge >= 0.3 is 0 Å². The molecule has 1 amide bonds. The average molecular weight is 323 g/mol. The number of hydrogen-bond donors (Lipinski definition) is 1. The SMILES string of the molecule is CC[C@@H](Oc1ccc2ccccc2c1)C(=O)N[C@@H]1C[C@@H]2CC[C@@H]1C2. The fourth-order valence-corrected chi connectivity index (χ4v) is 4.42. The quantitative estimate of drug-likeness (QED) is 0.891. The minimum Gasteiger partial charge on any atom is -0.481 e. The summed E-state index contributed by atoms with van der Waals surface area (Å²) in [6.07, 6.45) is 5.35. The van der Waals surface area contributed by atoms with E-state index in [1.807, 2.05) is 37.3 Å². The number of carbonyl (C=O) groups excluding carboxylic acids is 1. The molecule has 2 aliphatic carbocycles. The summed E-state index contributed by atoms with van der Waals surface area (Å²) in [7, 11) is 0. The summed E-state index contributed by atoms with van der Waals surface area (Å²) in [4.78, 5) is 12.6. The zero-order chi connectivity index (χ0) is 16.5. The molecule has 3 heteroatoms. The summed E-state index contributed by atoms with van der Waals surface area (Å²) < 4.78 is 6.01. The second-order valence-electron chi connectivity index (χ2n) is 7.31. The van der Waals surface area contributed by atoms with Crippen molar-refractivity contribution in [1.82, 2.24) is 5.32 Å². The van der Waals surface area contributed by atoms with E-state index in [0.717, 1.165) is 23.5 Å². The lowest BCUT2D eigenvalue weighted by Crippen LogP contribution is -2.45. The smallest absolute Gasteiger partial charge is 0.261 e. The van der Waals surface area contributed by atoms with Crippen LogP contribution >= 0.6 is 0 Å². The lowest BCUT2D eigenvalue weighted by atomic mass is 9.95. The van der Waals surface area contributed by atoms with Crippen molar-refractivity contribution in [2.24, 2.45) is 11.8 Å². The van der Waals surface area contributed by atoms with E-state index < -0.39 is 6.10 Å². The van der Waals surface area contributed by atoms with Gasteiger partial charge in [0.15, 0.2) is 6.10 Å². The van der Waals surface area contributed by atoms with Gasteiger partial charge in [-0.3, -0.25) is 4.79 Å². The van der Waals surface area contributed by atoms with Crippen LogP contribution in [0, 0.1) is 11.8 Å². The van der Waals surface area contributed by atoms with Crippen LogP contribution in [0.5, 0.6) is 5.75 Å². The first kappa shape index (κ1) is 15.5. The van der Waals surface area contributed by atoms with Gasteiger partial charge in [-0.05, 0) is 60.4 Å². The zero-order valence-corrected chi connectivity index (χ0v) is 14.2. The van der Waals surface area contributed by atoms with Crippen molar-refractivity contribution in [3.63, 3.8) is 0 Å². The van der Waals surface area contributed by atoms with E-state index >= 15 is 0 Å². The third-order valence-corrected chi connectivity index (χ3v) is 5.73. The molecule has 0 saturated heterocycles. The second kappa shape index (κ2) is 6.46. The maximum atomic E-state index is 12.6. The monoisotopic (exact) mass is 323 g/mol. The largest absolute Gasteiger partial charge is 0.481 e. The molecule has 2 aromatic rings. The van der Waals surface area contributed by atoms with Crippen LogP contribution in [0.15, 0.2) is 42.5 Å². The molecule has 2 saturated carbocycles. The summed E-state index contributed by atoms with van der Waals surface area (Å²) in [6.45, 7) is 2.01. The molecule has 4 atom stereocenters. The first-order valence-electron chi connectivity index (χ1n) is 9.18. The van der Waals surface area contributed by atoms with Gasteiger partial charge in [0.1, 0.15) is 5.75 Å². The molecule has 126 valence electrons. The molecular weight excluding hydrogens is 298 g/mol. The van der Waals surface area contributed by atoms with Crippen LogP contribution in [0.1, 0.15) is 39.0 Å². The molecule has 2 aromatic carbocycles. The Morgan fingerprint density at radius 1 is 1.17 bits per heavy atom. The molecule has 24 heavy (non-hydrogen) atoms. The number of nitrogens with one attached hydrogen (secondary N) is 1. The van der Waals surface area contributed by atoms with E-state index in [0.29, 0.717) is 18.4 Å². The van der Waals surface area contributed by atoms with Crippen molar-refractivity contribution in [2.75, 3.05) is 0 Å². The Balaban J connectivity index is 1.43. The van der Waals surface area contributed by atoms with Gasteiger partial charge in [-0.15, -0.1) is 0 Å². The number of amides is 1. The number of benzene rings is 2. The van der Waals surface area contributed by atoms with Crippen LogP contribution in [0.4, 0.5) is 0 Å². The average Bonchev–Trinajstić information content (AvgIpc) is 3.22. The van der Waals surface area contributed by atoms with E-state index in [1.54, 1.807) is 0 Å². The summed E-state index contributed by atoms with van der Waals surface area (Å²) in [6, 6.07) is 14.6. The maximum Gasteiger partial charge on any atom is 0.261 e. The van der Waals surface area contributed by atoms with Crippen molar-refractivity contribution < 1.29 is 9.53 Å². The van der Waals surface area contributed by atoms with Crippen LogP contribution in [-0.4, -0.2) is 18.1 Å². The highest BCUT2D eigenvalue weighted by molar-refractivity contribution is 5.84. The molecule has 1 N–H and O–H groups in total. The van der Waals surface area contributed by atoms with Gasteiger partial charge in [-0.25, -0.2) is 0 Å². The van der Waals surface area contributed by atoms with Gasteiger partial charge < -0.3 is 10.1 Å². The summed E-state index contributed by atoms with van der Waals surface area (Å²) >= 11 is 0. The lowest BCUT2D eigenvalue weighted by molar-refractivity contribution is -0.129. The number of carbonyl (C=O) groups is 1. The minimum absolute atomic E-state index is 0.0446. The summed E-state index contributed by atoms with van der Waals surface area (Å²) in [5, 5.41) is 5.58. The van der Waals surface area contributed by atoms with Crippen molar-refractivity contribution in [2.45, 2.75) is 51.2 Å². The molecule has 4 rings (SSSR count). The van der Waals surface area contributed by atoms with Crippen molar-refractivity contribution in [1.29, 1.82) is 0 Å². The number of hydrogen-bond acceptors (Lipinski definition) is 2. The minimum atomic E-state index is -0.412. The summed E-state index contributed by atoms with van der Waals surface area (Å²) in [5.41, 5.74) is 0. The van der Waals surface area contributed by atoms with Crippen LogP contribution in [0.3, 0.4) is 0 Å². The van der Waals surface area contributed by atoms with Gasteiger partial charge in [0.2, 0.25) is 0 Å². The van der Waals surface area contributed by atoms with Crippen LogP contribution in [0.2, 0.25) is 0 Å². The van der Waals surface area contributed by atoms with E-state index in [1.165, 1.54) is 24.6 Å². The molecule has 2 aliphatic rings. The van der Waals surface area contributed by atoms with Crippen LogP contribution in [0.25, 0.3) is 10.8 Å². The predicted octanol–water partition coefficient (Wildman–Crippen LogP) is 4.30. The Labute approximate surface area is 143 Å². The Hall–Kier alpha value is -2.03. The van der Waals surface area contributed by atoms with Crippen LogP contribution in [-0.2, 0) is 4.79 Å². The van der Waals surface area contributed by atoms with Crippen LogP contribution < -0.4 is 10.1 Å². The first-order valence-corrected chi connectivity index (χ1v) is 9.18. The fraction of sp³-hybridized carbons (Fsp3) is 0.476. The molecule has 0 aliphatic heterocycles. The van der Waals surface area contributed by atoms with E-state index in [4.69, 9.17) is 4.74 Å². The van der Waals surface area contributed by atoms with E-state index in [2.05, 4.69) is 17.4 Å². The number of ether oxygens (including phenoxy) is 1. The molecule has 2 fully saturated rings. The Bertz CT molecular complexity index is 741. The normalized spacial score (nSPS) is 26.5. The highest BCUT2D eigenvalue weighted by atomic mass is 16.5. The number of fused-ring (bicyclic) bond motifs is 3. The van der Waals surface area contributed by atoms with Gasteiger partial charge in [0, 0.05) is 6.04 Å². The van der Waals surface area contributed by atoms with E-state index in [9.17, 15) is 4.79 Å². The highest BCUT2D eigenvalue weighted by Gasteiger charge is 2.40. The molecule has 2 bridgehead atoms. The third-order valence-electron chi connectivity index (χ3n) is 5.73. The molecule has 3 nitrogen and oxygen atoms in total. The first-order chi connectivity index (χ1) is 11.7. The molecule has 0 radical (unpaired) electrons. The molecular formula is C21H25NO2. The second-order valence-corrected chi connectivity index (χ2v) is 7.31. The Kier molecular flexibility index (Phi) is 4.17. The van der Waals surface area contributed by atoms with Gasteiger partial charge in [0.05, 0.1) is 0 Å².